The highest BCUT2D eigenvalue weighted by molar-refractivity contribution is 5.93. The molecule has 7 heteroatoms. The van der Waals surface area contributed by atoms with Crippen LogP contribution in [0.3, 0.4) is 0 Å². The molecule has 27 heavy (non-hydrogen) atoms. The van der Waals surface area contributed by atoms with Crippen molar-refractivity contribution in [2.75, 3.05) is 33.3 Å². The van der Waals surface area contributed by atoms with E-state index >= 15 is 0 Å². The van der Waals surface area contributed by atoms with Gasteiger partial charge in [-0.3, -0.25) is 9.48 Å². The second-order valence-electron chi connectivity index (χ2n) is 7.49. The summed E-state index contributed by atoms with van der Waals surface area (Å²) < 4.78 is 7.00. The largest absolute Gasteiger partial charge is 0.497 e. The molecule has 0 unspecified atom stereocenters. The molecule has 146 valence electrons. The molecule has 2 fully saturated rings. The van der Waals surface area contributed by atoms with Gasteiger partial charge in [-0.15, -0.1) is 12.4 Å². The van der Waals surface area contributed by atoms with Gasteiger partial charge in [0.2, 0.25) is 0 Å². The van der Waals surface area contributed by atoms with E-state index in [1.807, 2.05) is 40.0 Å². The predicted molar refractivity (Wildman–Crippen MR) is 107 cm³/mol. The maximum absolute atomic E-state index is 12.8. The third-order valence-electron chi connectivity index (χ3n) is 5.83. The molecule has 3 heterocycles. The Hall–Kier alpha value is -2.05. The van der Waals surface area contributed by atoms with E-state index in [0.29, 0.717) is 17.5 Å². The number of rotatable bonds is 4. The summed E-state index contributed by atoms with van der Waals surface area (Å²) in [6, 6.07) is 7.90. The summed E-state index contributed by atoms with van der Waals surface area (Å²) in [6.07, 6.45) is 6.99. The first kappa shape index (κ1) is 19.7. The summed E-state index contributed by atoms with van der Waals surface area (Å²) in [5.41, 5.74) is 2.23. The molecule has 1 aromatic heterocycles. The van der Waals surface area contributed by atoms with E-state index < -0.39 is 0 Å². The quantitative estimate of drug-likeness (QED) is 0.871. The number of likely N-dealkylation sites (tertiary alicyclic amines) is 1. The first-order chi connectivity index (χ1) is 12.7. The zero-order chi connectivity index (χ0) is 18.0. The highest BCUT2D eigenvalue weighted by Gasteiger charge is 2.38. The third kappa shape index (κ3) is 4.28. The second-order valence-corrected chi connectivity index (χ2v) is 7.49. The van der Waals surface area contributed by atoms with Gasteiger partial charge in [-0.05, 0) is 48.9 Å². The van der Waals surface area contributed by atoms with Crippen LogP contribution in [0.15, 0.2) is 36.7 Å². The smallest absolute Gasteiger partial charge is 0.257 e. The van der Waals surface area contributed by atoms with Crippen molar-refractivity contribution in [3.05, 3.63) is 47.8 Å². The maximum Gasteiger partial charge on any atom is 0.257 e. The molecular formula is C20H27ClN4O2. The summed E-state index contributed by atoms with van der Waals surface area (Å²) in [5, 5.41) is 7.84. The zero-order valence-electron chi connectivity index (χ0n) is 15.7. The van der Waals surface area contributed by atoms with Crippen molar-refractivity contribution in [1.82, 2.24) is 20.0 Å². The Morgan fingerprint density at radius 3 is 2.59 bits per heavy atom. The zero-order valence-corrected chi connectivity index (χ0v) is 16.5. The van der Waals surface area contributed by atoms with Crippen LogP contribution in [0.4, 0.5) is 0 Å². The van der Waals surface area contributed by atoms with Crippen LogP contribution in [-0.2, 0) is 6.54 Å². The molecule has 2 aliphatic rings. The fourth-order valence-corrected chi connectivity index (χ4v) is 4.07. The van der Waals surface area contributed by atoms with Crippen molar-refractivity contribution in [3.8, 4) is 5.75 Å². The third-order valence-corrected chi connectivity index (χ3v) is 5.83. The van der Waals surface area contributed by atoms with E-state index in [-0.39, 0.29) is 18.3 Å². The summed E-state index contributed by atoms with van der Waals surface area (Å²) in [4.78, 5) is 14.8. The van der Waals surface area contributed by atoms with E-state index in [4.69, 9.17) is 4.74 Å². The first-order valence-corrected chi connectivity index (χ1v) is 9.33. The van der Waals surface area contributed by atoms with Crippen molar-refractivity contribution in [1.29, 1.82) is 0 Å². The van der Waals surface area contributed by atoms with Gasteiger partial charge in [0, 0.05) is 25.8 Å². The number of halogens is 1. The van der Waals surface area contributed by atoms with E-state index in [0.717, 1.165) is 50.3 Å². The van der Waals surface area contributed by atoms with Gasteiger partial charge >= 0.3 is 0 Å². The molecule has 2 aromatic rings. The summed E-state index contributed by atoms with van der Waals surface area (Å²) in [6.45, 7) is 4.57. The number of amides is 1. The van der Waals surface area contributed by atoms with Crippen LogP contribution in [0.25, 0.3) is 0 Å². The van der Waals surface area contributed by atoms with E-state index in [1.54, 1.807) is 13.3 Å². The summed E-state index contributed by atoms with van der Waals surface area (Å²) >= 11 is 0. The van der Waals surface area contributed by atoms with Gasteiger partial charge in [-0.25, -0.2) is 0 Å². The van der Waals surface area contributed by atoms with Gasteiger partial charge < -0.3 is 15.0 Å². The monoisotopic (exact) mass is 390 g/mol. The Morgan fingerprint density at radius 1 is 1.22 bits per heavy atom. The van der Waals surface area contributed by atoms with Gasteiger partial charge in [0.1, 0.15) is 5.75 Å². The van der Waals surface area contributed by atoms with Gasteiger partial charge in [-0.2, -0.15) is 5.10 Å². The van der Waals surface area contributed by atoms with E-state index in [9.17, 15) is 4.79 Å². The van der Waals surface area contributed by atoms with Crippen molar-refractivity contribution < 1.29 is 9.53 Å². The number of carbonyl (C=O) groups excluding carboxylic acids is 1. The average Bonchev–Trinajstić information content (AvgIpc) is 3.33. The summed E-state index contributed by atoms with van der Waals surface area (Å²) in [5.74, 6) is 0.942. The number of benzene rings is 1. The topological polar surface area (TPSA) is 59.4 Å². The van der Waals surface area contributed by atoms with Crippen LogP contribution < -0.4 is 10.1 Å². The number of ether oxygens (including phenoxy) is 1. The van der Waals surface area contributed by atoms with E-state index in [2.05, 4.69) is 10.4 Å². The predicted octanol–water partition coefficient (Wildman–Crippen LogP) is 2.58. The Balaban J connectivity index is 0.00000210. The lowest BCUT2D eigenvalue weighted by Crippen LogP contribution is -2.43. The summed E-state index contributed by atoms with van der Waals surface area (Å²) in [7, 11) is 1.66. The molecule has 1 spiro atoms. The van der Waals surface area contributed by atoms with Crippen LogP contribution in [0.2, 0.25) is 0 Å². The fraction of sp³-hybridized carbons (Fsp3) is 0.500. The molecule has 2 aliphatic heterocycles. The lowest BCUT2D eigenvalue weighted by molar-refractivity contribution is 0.0607. The molecule has 0 atom stereocenters. The van der Waals surface area contributed by atoms with Crippen LogP contribution in [-0.4, -0.2) is 53.9 Å². The number of hydrogen-bond donors (Lipinski definition) is 1. The minimum atomic E-state index is 0. The molecule has 0 saturated carbocycles. The minimum absolute atomic E-state index is 0. The second kappa shape index (κ2) is 8.31. The van der Waals surface area contributed by atoms with Gasteiger partial charge in [0.25, 0.3) is 5.91 Å². The highest BCUT2D eigenvalue weighted by atomic mass is 35.5. The molecule has 1 N–H and O–H groups in total. The Kier molecular flexibility index (Phi) is 6.07. The standard InChI is InChI=1S/C20H26N4O2.ClH/c1-26-18-4-2-16(3-5-18)13-24-14-17(12-22-24)19(25)23-10-7-20(8-11-23)6-9-21-15-20;/h2-5,12,14,21H,6-11,13,15H2,1H3;1H. The molecule has 6 nitrogen and oxygen atoms in total. The molecule has 4 rings (SSSR count). The maximum atomic E-state index is 12.8. The van der Waals surface area contributed by atoms with Crippen molar-refractivity contribution >= 4 is 18.3 Å². The normalized spacial score (nSPS) is 18.3. The van der Waals surface area contributed by atoms with Gasteiger partial charge in [0.15, 0.2) is 0 Å². The van der Waals surface area contributed by atoms with Crippen molar-refractivity contribution in [3.63, 3.8) is 0 Å². The Morgan fingerprint density at radius 2 is 1.96 bits per heavy atom. The average molecular weight is 391 g/mol. The SMILES string of the molecule is COc1ccc(Cn2cc(C(=O)N3CCC4(CCNC4)CC3)cn2)cc1.Cl. The highest BCUT2D eigenvalue weighted by Crippen LogP contribution is 2.37. The number of hydrogen-bond acceptors (Lipinski definition) is 4. The van der Waals surface area contributed by atoms with Crippen LogP contribution in [0, 0.1) is 5.41 Å². The molecule has 0 bridgehead atoms. The van der Waals surface area contributed by atoms with Crippen LogP contribution in [0.5, 0.6) is 5.75 Å². The Labute approximate surface area is 166 Å². The lowest BCUT2D eigenvalue weighted by atomic mass is 9.78. The molecule has 0 radical (unpaired) electrons. The molecule has 1 aromatic carbocycles. The molecule has 2 saturated heterocycles. The number of methoxy groups -OCH3 is 1. The van der Waals surface area contributed by atoms with Crippen molar-refractivity contribution in [2.45, 2.75) is 25.8 Å². The van der Waals surface area contributed by atoms with Crippen LogP contribution in [0.1, 0.15) is 35.2 Å². The minimum Gasteiger partial charge on any atom is -0.497 e. The molecule has 1 amide bonds. The van der Waals surface area contributed by atoms with Crippen LogP contribution >= 0.6 is 12.4 Å². The molecular weight excluding hydrogens is 364 g/mol. The lowest BCUT2D eigenvalue weighted by Gasteiger charge is -2.38. The molecule has 0 aliphatic carbocycles. The number of aromatic nitrogens is 2. The first-order valence-electron chi connectivity index (χ1n) is 9.33. The number of nitrogens with zero attached hydrogens (tertiary/aromatic N) is 3. The van der Waals surface area contributed by atoms with E-state index in [1.165, 1.54) is 6.42 Å². The van der Waals surface area contributed by atoms with Gasteiger partial charge in [-0.1, -0.05) is 12.1 Å². The number of nitrogens with one attached hydrogen (secondary N) is 1. The number of carbonyl (C=O) groups is 1. The Bertz CT molecular complexity index is 759. The van der Waals surface area contributed by atoms with Gasteiger partial charge in [0.05, 0.1) is 25.4 Å². The number of piperidine rings is 1. The fourth-order valence-electron chi connectivity index (χ4n) is 4.07. The van der Waals surface area contributed by atoms with Crippen molar-refractivity contribution in [2.24, 2.45) is 5.41 Å².